The van der Waals surface area contributed by atoms with Crippen LogP contribution in [-0.2, 0) is 13.3 Å². The number of benzene rings is 2. The van der Waals surface area contributed by atoms with Crippen molar-refractivity contribution in [2.24, 2.45) is 0 Å². The second-order valence-electron chi connectivity index (χ2n) is 6.40. The van der Waals surface area contributed by atoms with Gasteiger partial charge in [-0.2, -0.15) is 5.10 Å². The number of rotatable bonds is 7. The quantitative estimate of drug-likeness (QED) is 0.445. The molecule has 2 aromatic heterocycles. The molecular formula is C20H15Cl2FN6O2. The van der Waals surface area contributed by atoms with Gasteiger partial charge in [-0.15, -0.1) is 5.10 Å². The van der Waals surface area contributed by atoms with Crippen LogP contribution in [0.3, 0.4) is 0 Å². The predicted molar refractivity (Wildman–Crippen MR) is 113 cm³/mol. The lowest BCUT2D eigenvalue weighted by atomic mass is 10.2. The van der Waals surface area contributed by atoms with Crippen molar-refractivity contribution in [2.45, 2.75) is 13.3 Å². The SMILES string of the molecule is O=C(Nc1ncn(Cc2ccc(F)cc2Cl)n1)c1ccn(COc2ccccc2Cl)n1. The molecule has 0 aliphatic carbocycles. The second kappa shape index (κ2) is 9.15. The van der Waals surface area contributed by atoms with Gasteiger partial charge >= 0.3 is 0 Å². The molecule has 2 aromatic carbocycles. The number of aromatic nitrogens is 5. The number of halogens is 3. The Morgan fingerprint density at radius 2 is 1.90 bits per heavy atom. The number of nitrogens with one attached hydrogen (secondary N) is 1. The fourth-order valence-corrected chi connectivity index (χ4v) is 3.09. The molecule has 4 rings (SSSR count). The second-order valence-corrected chi connectivity index (χ2v) is 7.21. The Bertz CT molecular complexity index is 1230. The molecular weight excluding hydrogens is 446 g/mol. The number of nitrogens with zero attached hydrogens (tertiary/aromatic N) is 5. The molecule has 158 valence electrons. The largest absolute Gasteiger partial charge is 0.470 e. The van der Waals surface area contributed by atoms with Gasteiger partial charge in [-0.05, 0) is 35.9 Å². The summed E-state index contributed by atoms with van der Waals surface area (Å²) in [6.45, 7) is 0.359. The van der Waals surface area contributed by atoms with Crippen molar-refractivity contribution in [2.75, 3.05) is 5.32 Å². The van der Waals surface area contributed by atoms with Crippen LogP contribution in [0.15, 0.2) is 61.1 Å². The average Bonchev–Trinajstić information content (AvgIpc) is 3.39. The Kier molecular flexibility index (Phi) is 6.15. The van der Waals surface area contributed by atoms with Crippen LogP contribution in [0.1, 0.15) is 16.1 Å². The Balaban J connectivity index is 1.35. The lowest BCUT2D eigenvalue weighted by molar-refractivity contribution is 0.101. The van der Waals surface area contributed by atoms with Crippen molar-refractivity contribution in [1.82, 2.24) is 24.5 Å². The van der Waals surface area contributed by atoms with Crippen LogP contribution < -0.4 is 10.1 Å². The maximum atomic E-state index is 13.2. The number of carbonyl (C=O) groups is 1. The number of hydrogen-bond donors (Lipinski definition) is 1. The smallest absolute Gasteiger partial charge is 0.278 e. The zero-order valence-electron chi connectivity index (χ0n) is 15.9. The van der Waals surface area contributed by atoms with Gasteiger partial charge in [0.1, 0.15) is 17.9 Å². The van der Waals surface area contributed by atoms with Gasteiger partial charge in [0.15, 0.2) is 12.4 Å². The summed E-state index contributed by atoms with van der Waals surface area (Å²) in [6.07, 6.45) is 3.04. The summed E-state index contributed by atoms with van der Waals surface area (Å²) in [5, 5.41) is 11.7. The summed E-state index contributed by atoms with van der Waals surface area (Å²) in [6, 6.07) is 12.7. The molecule has 1 amide bonds. The topological polar surface area (TPSA) is 86.9 Å². The fourth-order valence-electron chi connectivity index (χ4n) is 2.67. The number of para-hydroxylation sites is 1. The van der Waals surface area contributed by atoms with E-state index in [9.17, 15) is 9.18 Å². The number of hydrogen-bond acceptors (Lipinski definition) is 5. The highest BCUT2D eigenvalue weighted by Crippen LogP contribution is 2.23. The van der Waals surface area contributed by atoms with E-state index in [4.69, 9.17) is 27.9 Å². The summed E-state index contributed by atoms with van der Waals surface area (Å²) in [7, 11) is 0. The van der Waals surface area contributed by atoms with E-state index in [1.165, 1.54) is 27.8 Å². The van der Waals surface area contributed by atoms with E-state index in [1.54, 1.807) is 42.6 Å². The Labute approximate surface area is 186 Å². The van der Waals surface area contributed by atoms with Gasteiger partial charge < -0.3 is 4.74 Å². The molecule has 0 bridgehead atoms. The van der Waals surface area contributed by atoms with Crippen molar-refractivity contribution in [3.63, 3.8) is 0 Å². The number of amides is 1. The molecule has 0 fully saturated rings. The molecule has 0 spiro atoms. The van der Waals surface area contributed by atoms with Gasteiger partial charge in [-0.1, -0.05) is 41.4 Å². The fraction of sp³-hybridized carbons (Fsp3) is 0.100. The van der Waals surface area contributed by atoms with Gasteiger partial charge in [0, 0.05) is 11.2 Å². The molecule has 2 heterocycles. The van der Waals surface area contributed by atoms with Crippen molar-refractivity contribution in [3.05, 3.63) is 88.2 Å². The van der Waals surface area contributed by atoms with Crippen molar-refractivity contribution >= 4 is 35.1 Å². The molecule has 0 saturated heterocycles. The highest BCUT2D eigenvalue weighted by molar-refractivity contribution is 6.32. The highest BCUT2D eigenvalue weighted by Gasteiger charge is 2.13. The first kappa shape index (κ1) is 20.8. The molecule has 11 heteroatoms. The molecule has 0 aliphatic heterocycles. The minimum atomic E-state index is -0.478. The maximum Gasteiger partial charge on any atom is 0.278 e. The van der Waals surface area contributed by atoms with Crippen LogP contribution in [0.2, 0.25) is 10.0 Å². The van der Waals surface area contributed by atoms with Gasteiger partial charge in [0.2, 0.25) is 5.95 Å². The predicted octanol–water partition coefficient (Wildman–Crippen LogP) is 4.26. The van der Waals surface area contributed by atoms with E-state index >= 15 is 0 Å². The molecule has 8 nitrogen and oxygen atoms in total. The molecule has 1 N–H and O–H groups in total. The van der Waals surface area contributed by atoms with Crippen LogP contribution in [0, 0.1) is 5.82 Å². The van der Waals surface area contributed by atoms with E-state index in [0.717, 1.165) is 0 Å². The molecule has 0 unspecified atom stereocenters. The highest BCUT2D eigenvalue weighted by atomic mass is 35.5. The molecule has 0 radical (unpaired) electrons. The van der Waals surface area contributed by atoms with E-state index in [0.29, 0.717) is 16.3 Å². The minimum Gasteiger partial charge on any atom is -0.470 e. The van der Waals surface area contributed by atoms with Crippen molar-refractivity contribution < 1.29 is 13.9 Å². The summed E-state index contributed by atoms with van der Waals surface area (Å²) in [5.74, 6) is -0.280. The third-order valence-corrected chi connectivity index (χ3v) is 4.84. The zero-order valence-corrected chi connectivity index (χ0v) is 17.4. The van der Waals surface area contributed by atoms with E-state index in [1.807, 2.05) is 0 Å². The third kappa shape index (κ3) is 5.19. The van der Waals surface area contributed by atoms with Gasteiger partial charge in [0.05, 0.1) is 11.6 Å². The maximum absolute atomic E-state index is 13.2. The summed E-state index contributed by atoms with van der Waals surface area (Å²) in [5.41, 5.74) is 0.837. The molecule has 0 atom stereocenters. The van der Waals surface area contributed by atoms with Gasteiger partial charge in [-0.25, -0.2) is 18.7 Å². The number of carbonyl (C=O) groups excluding carboxylic acids is 1. The first-order chi connectivity index (χ1) is 15.0. The number of ether oxygens (including phenoxy) is 1. The summed E-state index contributed by atoms with van der Waals surface area (Å²) >= 11 is 12.1. The lowest BCUT2D eigenvalue weighted by Crippen LogP contribution is -2.15. The Morgan fingerprint density at radius 3 is 2.71 bits per heavy atom. The Hall–Kier alpha value is -3.43. The molecule has 0 aliphatic rings. The van der Waals surface area contributed by atoms with E-state index in [2.05, 4.69) is 20.5 Å². The van der Waals surface area contributed by atoms with Crippen molar-refractivity contribution in [1.29, 1.82) is 0 Å². The zero-order chi connectivity index (χ0) is 21.8. The monoisotopic (exact) mass is 460 g/mol. The van der Waals surface area contributed by atoms with Crippen molar-refractivity contribution in [3.8, 4) is 5.75 Å². The number of anilines is 1. The summed E-state index contributed by atoms with van der Waals surface area (Å²) in [4.78, 5) is 16.5. The summed E-state index contributed by atoms with van der Waals surface area (Å²) < 4.78 is 21.7. The Morgan fingerprint density at radius 1 is 1.06 bits per heavy atom. The van der Waals surface area contributed by atoms with Crippen LogP contribution >= 0.6 is 23.2 Å². The standard InChI is InChI=1S/C20H15Cl2FN6O2/c21-15-3-1-2-4-18(15)31-12-28-8-7-17(26-28)19(30)25-20-24-11-29(27-20)10-13-5-6-14(23)9-16(13)22/h1-9,11H,10,12H2,(H,25,27,30). The lowest BCUT2D eigenvalue weighted by Gasteiger charge is -2.07. The average molecular weight is 461 g/mol. The first-order valence-corrected chi connectivity index (χ1v) is 9.79. The molecule has 4 aromatic rings. The van der Waals surface area contributed by atoms with Crippen LogP contribution in [0.5, 0.6) is 5.75 Å². The van der Waals surface area contributed by atoms with Gasteiger partial charge in [-0.3, -0.25) is 10.1 Å². The minimum absolute atomic E-state index is 0.0856. The van der Waals surface area contributed by atoms with E-state index < -0.39 is 11.7 Å². The van der Waals surface area contributed by atoms with Crippen LogP contribution in [-0.4, -0.2) is 30.5 Å². The van der Waals surface area contributed by atoms with E-state index in [-0.39, 0.29) is 29.9 Å². The third-order valence-electron chi connectivity index (χ3n) is 4.17. The normalized spacial score (nSPS) is 10.8. The van der Waals surface area contributed by atoms with Gasteiger partial charge in [0.25, 0.3) is 5.91 Å². The molecule has 31 heavy (non-hydrogen) atoms. The van der Waals surface area contributed by atoms with Crippen LogP contribution in [0.4, 0.5) is 10.3 Å². The van der Waals surface area contributed by atoms with Crippen LogP contribution in [0.25, 0.3) is 0 Å². The molecule has 0 saturated carbocycles. The first-order valence-electron chi connectivity index (χ1n) is 9.03.